The van der Waals surface area contributed by atoms with Gasteiger partial charge in [0.1, 0.15) is 11.4 Å². The number of carbonyl (C=O) groups is 1. The fraction of sp³-hybridized carbons (Fsp3) is 0.455. The first-order chi connectivity index (χ1) is 13.3. The smallest absolute Gasteiger partial charge is 0.416 e. The molecule has 0 aliphatic heterocycles. The third kappa shape index (κ3) is 4.69. The normalized spacial score (nSPS) is 15.1. The van der Waals surface area contributed by atoms with Gasteiger partial charge in [-0.1, -0.05) is 36.9 Å². The summed E-state index contributed by atoms with van der Waals surface area (Å²) < 4.78 is 5.68. The number of hydrogen-bond acceptors (Lipinski definition) is 3. The minimum atomic E-state index is -0.560. The Bertz CT molecular complexity index is 886. The Balaban J connectivity index is 1.93. The van der Waals surface area contributed by atoms with Crippen LogP contribution in [0.15, 0.2) is 30.5 Å². The molecule has 0 spiro atoms. The molecule has 0 bridgehead atoms. The second-order valence-electron chi connectivity index (χ2n) is 8.22. The SMILES string of the molecule is CC(C)(C)OC(=O)N(c1cc(-c2ccc(C#N)cc2Cl)c[nH]1)C1CCCCC1. The number of nitriles is 1. The molecule has 1 aliphatic carbocycles. The predicted octanol–water partition coefficient (Wildman–Crippen LogP) is 6.28. The van der Waals surface area contributed by atoms with Gasteiger partial charge in [0.2, 0.25) is 0 Å². The molecule has 1 aromatic heterocycles. The van der Waals surface area contributed by atoms with Gasteiger partial charge in [-0.2, -0.15) is 5.26 Å². The maximum absolute atomic E-state index is 13.0. The van der Waals surface area contributed by atoms with E-state index in [1.165, 1.54) is 6.42 Å². The van der Waals surface area contributed by atoms with E-state index in [1.54, 1.807) is 17.0 Å². The van der Waals surface area contributed by atoms with Crippen LogP contribution in [0, 0.1) is 11.3 Å². The van der Waals surface area contributed by atoms with Crippen LogP contribution >= 0.6 is 11.6 Å². The molecule has 1 aromatic carbocycles. The molecule has 1 heterocycles. The number of aromatic amines is 1. The zero-order chi connectivity index (χ0) is 20.3. The molecule has 1 fully saturated rings. The Morgan fingerprint density at radius 2 is 1.96 bits per heavy atom. The third-order valence-corrected chi connectivity index (χ3v) is 5.18. The fourth-order valence-corrected chi connectivity index (χ4v) is 3.88. The first-order valence-electron chi connectivity index (χ1n) is 9.69. The largest absolute Gasteiger partial charge is 0.443 e. The molecule has 5 nitrogen and oxygen atoms in total. The van der Waals surface area contributed by atoms with Gasteiger partial charge < -0.3 is 9.72 Å². The quantitative estimate of drug-likeness (QED) is 0.660. The molecule has 0 unspecified atom stereocenters. The molecular weight excluding hydrogens is 374 g/mol. The van der Waals surface area contributed by atoms with Crippen LogP contribution in [-0.4, -0.2) is 22.7 Å². The maximum atomic E-state index is 13.0. The highest BCUT2D eigenvalue weighted by Crippen LogP contribution is 2.34. The van der Waals surface area contributed by atoms with Gasteiger partial charge >= 0.3 is 6.09 Å². The van der Waals surface area contributed by atoms with Crippen LogP contribution in [0.3, 0.4) is 0 Å². The van der Waals surface area contributed by atoms with Crippen molar-refractivity contribution in [3.63, 3.8) is 0 Å². The van der Waals surface area contributed by atoms with Crippen molar-refractivity contribution in [2.45, 2.75) is 64.5 Å². The van der Waals surface area contributed by atoms with Gasteiger partial charge in [-0.25, -0.2) is 4.79 Å². The van der Waals surface area contributed by atoms with Crippen molar-refractivity contribution in [2.75, 3.05) is 4.90 Å². The van der Waals surface area contributed by atoms with Crippen molar-refractivity contribution in [1.29, 1.82) is 5.26 Å². The Labute approximate surface area is 171 Å². The van der Waals surface area contributed by atoms with E-state index in [0.717, 1.165) is 36.8 Å². The lowest BCUT2D eigenvalue weighted by atomic mass is 9.94. The van der Waals surface area contributed by atoms with E-state index >= 15 is 0 Å². The van der Waals surface area contributed by atoms with Gasteiger partial charge in [0.15, 0.2) is 0 Å². The van der Waals surface area contributed by atoms with E-state index in [0.29, 0.717) is 16.4 Å². The summed E-state index contributed by atoms with van der Waals surface area (Å²) in [5.41, 5.74) is 1.64. The first-order valence-corrected chi connectivity index (χ1v) is 10.1. The summed E-state index contributed by atoms with van der Waals surface area (Å²) in [5.74, 6) is 0.705. The zero-order valence-electron chi connectivity index (χ0n) is 16.6. The number of carbonyl (C=O) groups excluding carboxylic acids is 1. The molecule has 1 N–H and O–H groups in total. The molecular formula is C22H26ClN3O2. The molecule has 1 amide bonds. The molecule has 3 rings (SSSR count). The van der Waals surface area contributed by atoms with Gasteiger partial charge in [0, 0.05) is 28.4 Å². The number of anilines is 1. The van der Waals surface area contributed by atoms with E-state index in [2.05, 4.69) is 11.1 Å². The number of rotatable bonds is 3. The van der Waals surface area contributed by atoms with E-state index in [4.69, 9.17) is 21.6 Å². The molecule has 2 aromatic rings. The number of amides is 1. The summed E-state index contributed by atoms with van der Waals surface area (Å²) in [6, 6.07) is 9.34. The Hall–Kier alpha value is -2.45. The van der Waals surface area contributed by atoms with E-state index < -0.39 is 5.60 Å². The number of nitrogens with one attached hydrogen (secondary N) is 1. The average molecular weight is 400 g/mol. The van der Waals surface area contributed by atoms with E-state index in [1.807, 2.05) is 39.1 Å². The van der Waals surface area contributed by atoms with Crippen LogP contribution in [0.2, 0.25) is 5.02 Å². The van der Waals surface area contributed by atoms with Crippen LogP contribution in [0.1, 0.15) is 58.4 Å². The molecule has 0 saturated heterocycles. The Morgan fingerprint density at radius 1 is 1.25 bits per heavy atom. The Morgan fingerprint density at radius 3 is 2.57 bits per heavy atom. The van der Waals surface area contributed by atoms with Crippen LogP contribution in [0.5, 0.6) is 0 Å². The summed E-state index contributed by atoms with van der Waals surface area (Å²) in [4.78, 5) is 18.0. The highest BCUT2D eigenvalue weighted by atomic mass is 35.5. The topological polar surface area (TPSA) is 69.1 Å². The van der Waals surface area contributed by atoms with Crippen molar-refractivity contribution in [3.05, 3.63) is 41.0 Å². The zero-order valence-corrected chi connectivity index (χ0v) is 17.3. The lowest BCUT2D eigenvalue weighted by Crippen LogP contribution is -2.44. The van der Waals surface area contributed by atoms with Crippen molar-refractivity contribution >= 4 is 23.5 Å². The number of H-pyrrole nitrogens is 1. The van der Waals surface area contributed by atoms with Gasteiger partial charge in [0.05, 0.1) is 11.6 Å². The number of hydrogen-bond donors (Lipinski definition) is 1. The van der Waals surface area contributed by atoms with Gasteiger partial charge in [0.25, 0.3) is 0 Å². The number of benzene rings is 1. The van der Waals surface area contributed by atoms with Gasteiger partial charge in [-0.15, -0.1) is 0 Å². The summed E-state index contributed by atoms with van der Waals surface area (Å²) in [7, 11) is 0. The maximum Gasteiger partial charge on any atom is 0.416 e. The van der Waals surface area contributed by atoms with Crippen molar-refractivity contribution in [3.8, 4) is 17.2 Å². The molecule has 0 atom stereocenters. The second kappa shape index (κ2) is 8.28. The number of aromatic nitrogens is 1. The van der Waals surface area contributed by atoms with E-state index in [-0.39, 0.29) is 12.1 Å². The third-order valence-electron chi connectivity index (χ3n) is 4.87. The van der Waals surface area contributed by atoms with Crippen LogP contribution in [0.25, 0.3) is 11.1 Å². The number of ether oxygens (including phenoxy) is 1. The fourth-order valence-electron chi connectivity index (χ4n) is 3.59. The van der Waals surface area contributed by atoms with Gasteiger partial charge in [-0.3, -0.25) is 4.90 Å². The van der Waals surface area contributed by atoms with Crippen molar-refractivity contribution in [2.24, 2.45) is 0 Å². The highest BCUT2D eigenvalue weighted by molar-refractivity contribution is 6.33. The Kier molecular flexibility index (Phi) is 6.00. The van der Waals surface area contributed by atoms with Gasteiger partial charge in [-0.05, 0) is 51.8 Å². The summed E-state index contributed by atoms with van der Waals surface area (Å²) in [6.45, 7) is 5.63. The molecule has 1 saturated carbocycles. The van der Waals surface area contributed by atoms with E-state index in [9.17, 15) is 4.79 Å². The summed E-state index contributed by atoms with van der Waals surface area (Å²) >= 11 is 6.36. The first kappa shape index (κ1) is 20.3. The lowest BCUT2D eigenvalue weighted by Gasteiger charge is -2.34. The van der Waals surface area contributed by atoms with Crippen LogP contribution < -0.4 is 4.90 Å². The average Bonchev–Trinajstić information content (AvgIpc) is 3.10. The summed E-state index contributed by atoms with van der Waals surface area (Å²) in [5, 5.41) is 9.53. The minimum Gasteiger partial charge on any atom is -0.443 e. The predicted molar refractivity (Wildman–Crippen MR) is 112 cm³/mol. The van der Waals surface area contributed by atoms with Crippen LogP contribution in [0.4, 0.5) is 10.6 Å². The van der Waals surface area contributed by atoms with Crippen molar-refractivity contribution < 1.29 is 9.53 Å². The number of nitrogens with zero attached hydrogens (tertiary/aromatic N) is 2. The number of halogens is 1. The van der Waals surface area contributed by atoms with Crippen molar-refractivity contribution in [1.82, 2.24) is 4.98 Å². The highest BCUT2D eigenvalue weighted by Gasteiger charge is 2.31. The molecule has 28 heavy (non-hydrogen) atoms. The standard InChI is InChI=1S/C22H26ClN3O2/c1-22(2,3)28-21(27)26(17-7-5-4-6-8-17)20-12-16(14-25-20)18-10-9-15(13-24)11-19(18)23/h9-12,14,17,25H,4-8H2,1-3H3. The monoisotopic (exact) mass is 399 g/mol. The molecule has 148 valence electrons. The minimum absolute atomic E-state index is 0.117. The molecule has 6 heteroatoms. The van der Waals surface area contributed by atoms with Crippen LogP contribution in [-0.2, 0) is 4.74 Å². The molecule has 0 radical (unpaired) electrons. The second-order valence-corrected chi connectivity index (χ2v) is 8.63. The molecule has 1 aliphatic rings. The lowest BCUT2D eigenvalue weighted by molar-refractivity contribution is 0.0557. The summed E-state index contributed by atoms with van der Waals surface area (Å²) in [6.07, 6.45) is 6.85.